The molecular formula is C13H17NO4. The van der Waals surface area contributed by atoms with Crippen molar-refractivity contribution in [3.05, 3.63) is 23.8 Å². The fraction of sp³-hybridized carbons (Fsp3) is 0.462. The van der Waals surface area contributed by atoms with E-state index in [9.17, 15) is 4.79 Å². The molecule has 0 fully saturated rings. The Kier molecular flexibility index (Phi) is 4.04. The van der Waals surface area contributed by atoms with E-state index in [-0.39, 0.29) is 12.7 Å². The van der Waals surface area contributed by atoms with Gasteiger partial charge >= 0.3 is 0 Å². The van der Waals surface area contributed by atoms with Crippen molar-refractivity contribution in [1.82, 2.24) is 5.32 Å². The van der Waals surface area contributed by atoms with E-state index in [0.717, 1.165) is 23.5 Å². The van der Waals surface area contributed by atoms with E-state index >= 15 is 0 Å². The van der Waals surface area contributed by atoms with E-state index in [0.29, 0.717) is 6.54 Å². The number of methoxy groups -OCH3 is 1. The fourth-order valence-electron chi connectivity index (χ4n) is 1.68. The molecule has 5 nitrogen and oxygen atoms in total. The predicted octanol–water partition coefficient (Wildman–Crippen LogP) is 1.11. The molecule has 1 aromatic carbocycles. The lowest BCUT2D eigenvalue weighted by atomic mass is 10.1. The molecule has 1 heterocycles. The molecule has 5 heteroatoms. The molecule has 0 bridgehead atoms. The zero-order valence-corrected chi connectivity index (χ0v) is 10.6. The first-order valence-electron chi connectivity index (χ1n) is 5.89. The third kappa shape index (κ3) is 2.92. The summed E-state index contributed by atoms with van der Waals surface area (Å²) in [6.45, 7) is 2.57. The normalized spacial score (nSPS) is 14.3. The Morgan fingerprint density at radius 1 is 1.44 bits per heavy atom. The van der Waals surface area contributed by atoms with Crippen LogP contribution < -0.4 is 14.8 Å². The van der Waals surface area contributed by atoms with Gasteiger partial charge in [-0.15, -0.1) is 0 Å². The van der Waals surface area contributed by atoms with Gasteiger partial charge in [0.15, 0.2) is 11.5 Å². The van der Waals surface area contributed by atoms with Gasteiger partial charge in [0.25, 0.3) is 0 Å². The highest BCUT2D eigenvalue weighted by Gasteiger charge is 2.14. The smallest absolute Gasteiger partial charge is 0.248 e. The van der Waals surface area contributed by atoms with Crippen LogP contribution in [0, 0.1) is 0 Å². The predicted molar refractivity (Wildman–Crippen MR) is 65.7 cm³/mol. The number of fused-ring (bicyclic) bond motifs is 1. The Morgan fingerprint density at radius 2 is 2.22 bits per heavy atom. The van der Waals surface area contributed by atoms with Gasteiger partial charge in [0, 0.05) is 13.7 Å². The highest BCUT2D eigenvalue weighted by Crippen LogP contribution is 2.32. The number of amides is 1. The van der Waals surface area contributed by atoms with Crippen molar-refractivity contribution in [2.75, 3.05) is 20.4 Å². The minimum absolute atomic E-state index is 0.0988. The van der Waals surface area contributed by atoms with Crippen LogP contribution >= 0.6 is 0 Å². The van der Waals surface area contributed by atoms with E-state index < -0.39 is 6.10 Å². The maximum atomic E-state index is 11.5. The van der Waals surface area contributed by atoms with Crippen molar-refractivity contribution >= 4 is 5.91 Å². The van der Waals surface area contributed by atoms with Crippen LogP contribution in [0.4, 0.5) is 0 Å². The molecule has 0 saturated carbocycles. The number of hydrogen-bond donors (Lipinski definition) is 1. The summed E-state index contributed by atoms with van der Waals surface area (Å²) in [4.78, 5) is 11.5. The Morgan fingerprint density at radius 3 is 3.00 bits per heavy atom. The standard InChI is InChI=1S/C13H17NO4/c1-9(16-2)13(15)14-6-5-10-3-4-11-12(7-10)18-8-17-11/h3-4,7,9H,5-6,8H2,1-2H3,(H,14,15). The van der Waals surface area contributed by atoms with Crippen LogP contribution in [0.15, 0.2) is 18.2 Å². The third-order valence-corrected chi connectivity index (χ3v) is 2.87. The van der Waals surface area contributed by atoms with Gasteiger partial charge in [-0.2, -0.15) is 0 Å². The summed E-state index contributed by atoms with van der Waals surface area (Å²) >= 11 is 0. The first kappa shape index (κ1) is 12.7. The molecule has 2 rings (SSSR count). The summed E-state index contributed by atoms with van der Waals surface area (Å²) in [7, 11) is 1.52. The molecule has 0 spiro atoms. The van der Waals surface area contributed by atoms with E-state index in [1.54, 1.807) is 6.92 Å². The van der Waals surface area contributed by atoms with E-state index in [1.165, 1.54) is 7.11 Å². The molecule has 1 aliphatic rings. The summed E-state index contributed by atoms with van der Waals surface area (Å²) in [5.74, 6) is 1.44. The number of hydrogen-bond acceptors (Lipinski definition) is 4. The van der Waals surface area contributed by atoms with Gasteiger partial charge in [0.05, 0.1) is 0 Å². The van der Waals surface area contributed by atoms with Gasteiger partial charge in [0.1, 0.15) is 6.10 Å². The van der Waals surface area contributed by atoms with E-state index in [2.05, 4.69) is 5.32 Å². The van der Waals surface area contributed by atoms with Crippen molar-refractivity contribution in [2.45, 2.75) is 19.4 Å². The first-order valence-corrected chi connectivity index (χ1v) is 5.89. The lowest BCUT2D eigenvalue weighted by molar-refractivity contribution is -0.129. The molecule has 1 aliphatic heterocycles. The monoisotopic (exact) mass is 251 g/mol. The number of benzene rings is 1. The summed E-state index contributed by atoms with van der Waals surface area (Å²) < 4.78 is 15.5. The summed E-state index contributed by atoms with van der Waals surface area (Å²) in [5.41, 5.74) is 1.10. The molecule has 98 valence electrons. The number of nitrogens with one attached hydrogen (secondary N) is 1. The second-order valence-electron chi connectivity index (χ2n) is 4.11. The Labute approximate surface area is 106 Å². The third-order valence-electron chi connectivity index (χ3n) is 2.87. The lowest BCUT2D eigenvalue weighted by Gasteiger charge is -2.10. The quantitative estimate of drug-likeness (QED) is 0.851. The van der Waals surface area contributed by atoms with Crippen LogP contribution in [0.2, 0.25) is 0 Å². The molecular weight excluding hydrogens is 234 g/mol. The van der Waals surface area contributed by atoms with E-state index in [1.807, 2.05) is 18.2 Å². The van der Waals surface area contributed by atoms with Crippen LogP contribution in [0.25, 0.3) is 0 Å². The van der Waals surface area contributed by atoms with Gasteiger partial charge in [-0.05, 0) is 31.0 Å². The highest BCUT2D eigenvalue weighted by atomic mass is 16.7. The maximum absolute atomic E-state index is 11.5. The van der Waals surface area contributed by atoms with Crippen LogP contribution in [0.5, 0.6) is 11.5 Å². The molecule has 1 aromatic rings. The average molecular weight is 251 g/mol. The second-order valence-corrected chi connectivity index (χ2v) is 4.11. The minimum Gasteiger partial charge on any atom is -0.454 e. The van der Waals surface area contributed by atoms with Crippen LogP contribution in [-0.2, 0) is 16.0 Å². The molecule has 18 heavy (non-hydrogen) atoms. The zero-order chi connectivity index (χ0) is 13.0. The van der Waals surface area contributed by atoms with Crippen molar-refractivity contribution in [3.63, 3.8) is 0 Å². The molecule has 0 aliphatic carbocycles. The molecule has 1 N–H and O–H groups in total. The highest BCUT2D eigenvalue weighted by molar-refractivity contribution is 5.80. The molecule has 1 unspecified atom stereocenters. The molecule has 0 aromatic heterocycles. The zero-order valence-electron chi connectivity index (χ0n) is 10.6. The lowest BCUT2D eigenvalue weighted by Crippen LogP contribution is -2.35. The largest absolute Gasteiger partial charge is 0.454 e. The number of carbonyl (C=O) groups is 1. The molecule has 0 radical (unpaired) electrons. The molecule has 1 atom stereocenters. The summed E-state index contributed by atoms with van der Waals surface area (Å²) in [6, 6.07) is 5.80. The number of ether oxygens (including phenoxy) is 3. The van der Waals surface area contributed by atoms with Gasteiger partial charge in [0.2, 0.25) is 12.7 Å². The Bertz CT molecular complexity index is 433. The molecule has 0 saturated heterocycles. The van der Waals surface area contributed by atoms with Gasteiger partial charge in [-0.3, -0.25) is 4.79 Å². The average Bonchev–Trinajstić information content (AvgIpc) is 2.85. The first-order chi connectivity index (χ1) is 8.70. The minimum atomic E-state index is -0.415. The van der Waals surface area contributed by atoms with E-state index in [4.69, 9.17) is 14.2 Å². The topological polar surface area (TPSA) is 56.8 Å². The second kappa shape index (κ2) is 5.73. The number of rotatable bonds is 5. The Balaban J connectivity index is 1.82. The van der Waals surface area contributed by atoms with Crippen molar-refractivity contribution in [2.24, 2.45) is 0 Å². The van der Waals surface area contributed by atoms with Crippen molar-refractivity contribution in [3.8, 4) is 11.5 Å². The molecule has 1 amide bonds. The summed E-state index contributed by atoms with van der Waals surface area (Å²) in [5, 5.41) is 2.81. The van der Waals surface area contributed by atoms with Gasteiger partial charge in [-0.25, -0.2) is 0 Å². The SMILES string of the molecule is COC(C)C(=O)NCCc1ccc2c(c1)OCO2. The maximum Gasteiger partial charge on any atom is 0.248 e. The fourth-order valence-corrected chi connectivity index (χ4v) is 1.68. The van der Waals surface area contributed by atoms with Crippen LogP contribution in [0.3, 0.4) is 0 Å². The number of carbonyl (C=O) groups excluding carboxylic acids is 1. The Hall–Kier alpha value is -1.75. The van der Waals surface area contributed by atoms with Gasteiger partial charge < -0.3 is 19.5 Å². The summed E-state index contributed by atoms with van der Waals surface area (Å²) in [6.07, 6.45) is 0.334. The van der Waals surface area contributed by atoms with Crippen LogP contribution in [0.1, 0.15) is 12.5 Å². The van der Waals surface area contributed by atoms with Crippen LogP contribution in [-0.4, -0.2) is 32.5 Å². The van der Waals surface area contributed by atoms with Gasteiger partial charge in [-0.1, -0.05) is 6.07 Å². The van der Waals surface area contributed by atoms with Crippen molar-refractivity contribution < 1.29 is 19.0 Å². The van der Waals surface area contributed by atoms with Crippen molar-refractivity contribution in [1.29, 1.82) is 0 Å².